The lowest BCUT2D eigenvalue weighted by atomic mass is 10.1. The van der Waals surface area contributed by atoms with Crippen molar-refractivity contribution >= 4 is 19.7 Å². The van der Waals surface area contributed by atoms with Gasteiger partial charge >= 0.3 is 0 Å². The van der Waals surface area contributed by atoms with Gasteiger partial charge in [0.15, 0.2) is 0 Å². The molecule has 0 atom stereocenters. The molecule has 0 heterocycles. The quantitative estimate of drug-likeness (QED) is 0.715. The Hall–Kier alpha value is -0.540. The van der Waals surface area contributed by atoms with Gasteiger partial charge in [0.25, 0.3) is 0 Å². The Bertz CT molecular complexity index is 410. The second-order valence-corrected chi connectivity index (χ2v) is 5.89. The van der Waals surface area contributed by atoms with Crippen molar-refractivity contribution in [2.75, 3.05) is 0 Å². The third kappa shape index (κ3) is 3.36. The third-order valence-corrected chi connectivity index (χ3v) is 2.81. The summed E-state index contributed by atoms with van der Waals surface area (Å²) >= 11 is 0. The molecule has 72 valence electrons. The summed E-state index contributed by atoms with van der Waals surface area (Å²) in [4.78, 5) is 0. The lowest BCUT2D eigenvalue weighted by molar-refractivity contribution is 0.608. The first-order valence-electron chi connectivity index (χ1n) is 3.87. The molecule has 0 aliphatic heterocycles. The molecule has 1 aromatic carbocycles. The molecular weight excluding hydrogens is 208 g/mol. The number of benzene rings is 1. The van der Waals surface area contributed by atoms with E-state index in [2.05, 4.69) is 0 Å². The zero-order valence-electron chi connectivity index (χ0n) is 7.54. The maximum absolute atomic E-state index is 10.8. The molecule has 4 heteroatoms. The van der Waals surface area contributed by atoms with Crippen LogP contribution in [-0.2, 0) is 14.8 Å². The molecule has 0 amide bonds. The van der Waals surface area contributed by atoms with Crippen molar-refractivity contribution in [1.29, 1.82) is 0 Å². The minimum absolute atomic E-state index is 0.0966. The van der Waals surface area contributed by atoms with Gasteiger partial charge in [0, 0.05) is 10.7 Å². The molecule has 0 aliphatic rings. The summed E-state index contributed by atoms with van der Waals surface area (Å²) in [6.07, 6.45) is 0. The van der Waals surface area contributed by atoms with Crippen LogP contribution in [0.1, 0.15) is 16.7 Å². The van der Waals surface area contributed by atoms with Crippen molar-refractivity contribution in [3.8, 4) is 0 Å². The van der Waals surface area contributed by atoms with E-state index >= 15 is 0 Å². The molecule has 0 spiro atoms. The zero-order valence-corrected chi connectivity index (χ0v) is 9.11. The molecule has 0 saturated carbocycles. The van der Waals surface area contributed by atoms with Crippen molar-refractivity contribution in [2.45, 2.75) is 19.6 Å². The van der Waals surface area contributed by atoms with E-state index in [1.165, 1.54) is 0 Å². The van der Waals surface area contributed by atoms with Gasteiger partial charge in [-0.1, -0.05) is 23.8 Å². The van der Waals surface area contributed by atoms with Crippen LogP contribution in [0.5, 0.6) is 0 Å². The standard InChI is InChI=1S/C9H11ClO2S/c1-7-3-4-9(8(2)5-7)6-13(10,11)12/h3-5H,6H2,1-2H3. The first-order chi connectivity index (χ1) is 5.88. The van der Waals surface area contributed by atoms with Crippen LogP contribution in [0.25, 0.3) is 0 Å². The van der Waals surface area contributed by atoms with E-state index in [9.17, 15) is 8.42 Å². The van der Waals surface area contributed by atoms with E-state index in [0.29, 0.717) is 0 Å². The summed E-state index contributed by atoms with van der Waals surface area (Å²) in [5.74, 6) is -0.0966. The lowest BCUT2D eigenvalue weighted by Crippen LogP contribution is -1.97. The van der Waals surface area contributed by atoms with Crippen molar-refractivity contribution < 1.29 is 8.42 Å². The molecule has 0 radical (unpaired) electrons. The third-order valence-electron chi connectivity index (χ3n) is 1.83. The highest BCUT2D eigenvalue weighted by molar-refractivity contribution is 8.13. The van der Waals surface area contributed by atoms with Gasteiger partial charge in [-0.05, 0) is 25.0 Å². The Labute approximate surface area is 83.0 Å². The first-order valence-corrected chi connectivity index (χ1v) is 6.35. The molecule has 13 heavy (non-hydrogen) atoms. The van der Waals surface area contributed by atoms with Gasteiger partial charge in [-0.2, -0.15) is 0 Å². The van der Waals surface area contributed by atoms with Gasteiger partial charge in [0.2, 0.25) is 9.05 Å². The normalized spacial score (nSPS) is 11.6. The molecule has 1 aromatic rings. The summed E-state index contributed by atoms with van der Waals surface area (Å²) in [5.41, 5.74) is 2.85. The largest absolute Gasteiger partial charge is 0.236 e. The van der Waals surface area contributed by atoms with Crippen molar-refractivity contribution in [3.63, 3.8) is 0 Å². The molecule has 0 saturated heterocycles. The number of hydrogen-bond donors (Lipinski definition) is 0. The molecule has 1 rings (SSSR count). The Morgan fingerprint density at radius 1 is 1.31 bits per heavy atom. The molecular formula is C9H11ClO2S. The molecule has 0 aromatic heterocycles. The maximum Gasteiger partial charge on any atom is 0.236 e. The highest BCUT2D eigenvalue weighted by atomic mass is 35.7. The lowest BCUT2D eigenvalue weighted by Gasteiger charge is -2.03. The van der Waals surface area contributed by atoms with Gasteiger partial charge in [-0.3, -0.25) is 0 Å². The van der Waals surface area contributed by atoms with E-state index in [1.54, 1.807) is 6.07 Å². The smallest absolute Gasteiger partial charge is 0.212 e. The van der Waals surface area contributed by atoms with E-state index < -0.39 is 9.05 Å². The Morgan fingerprint density at radius 2 is 1.92 bits per heavy atom. The van der Waals surface area contributed by atoms with Gasteiger partial charge < -0.3 is 0 Å². The predicted molar refractivity (Wildman–Crippen MR) is 54.4 cm³/mol. The van der Waals surface area contributed by atoms with Gasteiger partial charge in [0.05, 0.1) is 5.75 Å². The van der Waals surface area contributed by atoms with E-state index in [0.717, 1.165) is 16.7 Å². The Balaban J connectivity index is 3.04. The number of hydrogen-bond acceptors (Lipinski definition) is 2. The van der Waals surface area contributed by atoms with Gasteiger partial charge in [0.1, 0.15) is 0 Å². The highest BCUT2D eigenvalue weighted by Crippen LogP contribution is 2.15. The van der Waals surface area contributed by atoms with Crippen LogP contribution < -0.4 is 0 Å². The number of aryl methyl sites for hydroxylation is 2. The monoisotopic (exact) mass is 218 g/mol. The second-order valence-electron chi connectivity index (χ2n) is 3.11. The molecule has 0 aliphatic carbocycles. The Kier molecular flexibility index (Phi) is 2.98. The Morgan fingerprint density at radius 3 is 2.38 bits per heavy atom. The zero-order chi connectivity index (χ0) is 10.1. The van der Waals surface area contributed by atoms with E-state index in [1.807, 2.05) is 26.0 Å². The molecule has 2 nitrogen and oxygen atoms in total. The van der Waals surface area contributed by atoms with Crippen molar-refractivity contribution in [3.05, 3.63) is 34.9 Å². The fourth-order valence-corrected chi connectivity index (χ4v) is 2.24. The molecule has 0 bridgehead atoms. The summed E-state index contributed by atoms with van der Waals surface area (Å²) in [6.45, 7) is 3.84. The fourth-order valence-electron chi connectivity index (χ4n) is 1.19. The van der Waals surface area contributed by atoms with Crippen LogP contribution in [-0.4, -0.2) is 8.42 Å². The minimum atomic E-state index is -3.44. The van der Waals surface area contributed by atoms with Crippen LogP contribution in [0.3, 0.4) is 0 Å². The van der Waals surface area contributed by atoms with Gasteiger partial charge in [-0.15, -0.1) is 0 Å². The molecule has 0 fully saturated rings. The van der Waals surface area contributed by atoms with E-state index in [4.69, 9.17) is 10.7 Å². The summed E-state index contributed by atoms with van der Waals surface area (Å²) in [6, 6.07) is 5.62. The van der Waals surface area contributed by atoms with Gasteiger partial charge in [-0.25, -0.2) is 8.42 Å². The van der Waals surface area contributed by atoms with Crippen molar-refractivity contribution in [2.24, 2.45) is 0 Å². The SMILES string of the molecule is Cc1ccc(CS(=O)(=O)Cl)c(C)c1. The van der Waals surface area contributed by atoms with Crippen LogP contribution >= 0.6 is 10.7 Å². The second kappa shape index (κ2) is 3.68. The average Bonchev–Trinajstić information content (AvgIpc) is 1.93. The van der Waals surface area contributed by atoms with Crippen LogP contribution in [0.4, 0.5) is 0 Å². The average molecular weight is 219 g/mol. The van der Waals surface area contributed by atoms with Crippen LogP contribution in [0.15, 0.2) is 18.2 Å². The van der Waals surface area contributed by atoms with E-state index in [-0.39, 0.29) is 5.75 Å². The minimum Gasteiger partial charge on any atom is -0.212 e. The van der Waals surface area contributed by atoms with Crippen LogP contribution in [0.2, 0.25) is 0 Å². The van der Waals surface area contributed by atoms with Crippen LogP contribution in [0, 0.1) is 13.8 Å². The number of rotatable bonds is 2. The fraction of sp³-hybridized carbons (Fsp3) is 0.333. The molecule has 0 N–H and O–H groups in total. The summed E-state index contributed by atoms with van der Waals surface area (Å²) in [5, 5.41) is 0. The molecule has 0 unspecified atom stereocenters. The maximum atomic E-state index is 10.8. The topological polar surface area (TPSA) is 34.1 Å². The summed E-state index contributed by atoms with van der Waals surface area (Å²) in [7, 11) is 1.71. The predicted octanol–water partition coefficient (Wildman–Crippen LogP) is 2.37. The first kappa shape index (κ1) is 10.5. The summed E-state index contributed by atoms with van der Waals surface area (Å²) < 4.78 is 21.6. The number of halogens is 1. The highest BCUT2D eigenvalue weighted by Gasteiger charge is 2.08. The van der Waals surface area contributed by atoms with Crippen molar-refractivity contribution in [1.82, 2.24) is 0 Å².